The highest BCUT2D eigenvalue weighted by Gasteiger charge is 2.26. The van der Waals surface area contributed by atoms with E-state index in [2.05, 4.69) is 13.0 Å². The molecule has 1 heterocycles. The standard InChI is InChI=1S/C12H18O2S/c1-8-3-4-11(14-2)10-7-9(5-6-13)15-12(8)10/h7-8,11,13H,3-6H2,1-2H3. The van der Waals surface area contributed by atoms with E-state index in [0.29, 0.717) is 5.92 Å². The Morgan fingerprint density at radius 2 is 2.33 bits per heavy atom. The lowest BCUT2D eigenvalue weighted by Crippen LogP contribution is -2.11. The van der Waals surface area contributed by atoms with Crippen molar-refractivity contribution >= 4 is 11.3 Å². The predicted molar refractivity (Wildman–Crippen MR) is 62.5 cm³/mol. The van der Waals surface area contributed by atoms with E-state index in [1.165, 1.54) is 21.7 Å². The molecule has 1 aliphatic carbocycles. The summed E-state index contributed by atoms with van der Waals surface area (Å²) >= 11 is 1.85. The molecule has 1 aromatic rings. The minimum atomic E-state index is 0.241. The highest BCUT2D eigenvalue weighted by Crippen LogP contribution is 2.43. The van der Waals surface area contributed by atoms with Crippen molar-refractivity contribution in [2.45, 2.75) is 38.2 Å². The number of fused-ring (bicyclic) bond motifs is 1. The van der Waals surface area contributed by atoms with Gasteiger partial charge in [0.2, 0.25) is 0 Å². The lowest BCUT2D eigenvalue weighted by molar-refractivity contribution is 0.0859. The van der Waals surface area contributed by atoms with Crippen LogP contribution < -0.4 is 0 Å². The highest BCUT2D eigenvalue weighted by atomic mass is 32.1. The molecule has 2 rings (SSSR count). The second-order valence-electron chi connectivity index (χ2n) is 4.21. The summed E-state index contributed by atoms with van der Waals surface area (Å²) in [7, 11) is 1.79. The van der Waals surface area contributed by atoms with E-state index in [1.54, 1.807) is 7.11 Å². The van der Waals surface area contributed by atoms with Gasteiger partial charge in [0.25, 0.3) is 0 Å². The molecule has 0 spiro atoms. The molecule has 0 aliphatic heterocycles. The Morgan fingerprint density at radius 3 is 3.00 bits per heavy atom. The Bertz CT molecular complexity index is 332. The van der Waals surface area contributed by atoms with E-state index in [4.69, 9.17) is 9.84 Å². The van der Waals surface area contributed by atoms with Gasteiger partial charge < -0.3 is 9.84 Å². The smallest absolute Gasteiger partial charge is 0.0832 e. The normalized spacial score (nSPS) is 25.3. The zero-order valence-electron chi connectivity index (χ0n) is 9.32. The zero-order valence-corrected chi connectivity index (χ0v) is 10.1. The van der Waals surface area contributed by atoms with Crippen LogP contribution in [-0.4, -0.2) is 18.8 Å². The Hall–Kier alpha value is -0.380. The Labute approximate surface area is 94.9 Å². The summed E-state index contributed by atoms with van der Waals surface area (Å²) in [6, 6.07) is 2.22. The van der Waals surface area contributed by atoms with Crippen molar-refractivity contribution in [2.75, 3.05) is 13.7 Å². The van der Waals surface area contributed by atoms with Crippen LogP contribution >= 0.6 is 11.3 Å². The van der Waals surface area contributed by atoms with Gasteiger partial charge in [0.1, 0.15) is 0 Å². The Balaban J connectivity index is 2.31. The second-order valence-corrected chi connectivity index (χ2v) is 5.38. The van der Waals surface area contributed by atoms with Crippen molar-refractivity contribution in [1.29, 1.82) is 0 Å². The van der Waals surface area contributed by atoms with E-state index >= 15 is 0 Å². The fraction of sp³-hybridized carbons (Fsp3) is 0.667. The monoisotopic (exact) mass is 226 g/mol. The molecular weight excluding hydrogens is 208 g/mol. The van der Waals surface area contributed by atoms with Gasteiger partial charge in [-0.05, 0) is 30.4 Å². The van der Waals surface area contributed by atoms with Gasteiger partial charge in [-0.25, -0.2) is 0 Å². The van der Waals surface area contributed by atoms with Gasteiger partial charge in [0.15, 0.2) is 0 Å². The average Bonchev–Trinajstić information content (AvgIpc) is 2.64. The van der Waals surface area contributed by atoms with Crippen LogP contribution in [-0.2, 0) is 11.2 Å². The molecule has 0 fully saturated rings. The van der Waals surface area contributed by atoms with Crippen molar-refractivity contribution in [3.05, 3.63) is 21.4 Å². The first-order chi connectivity index (χ1) is 7.26. The molecule has 2 unspecified atom stereocenters. The fourth-order valence-corrected chi connectivity index (χ4v) is 3.57. The number of aliphatic hydroxyl groups is 1. The second kappa shape index (κ2) is 4.64. The number of hydrogen-bond donors (Lipinski definition) is 1. The van der Waals surface area contributed by atoms with Crippen molar-refractivity contribution < 1.29 is 9.84 Å². The molecule has 0 saturated carbocycles. The minimum absolute atomic E-state index is 0.241. The van der Waals surface area contributed by atoms with Crippen LogP contribution in [0.4, 0.5) is 0 Å². The molecule has 1 N–H and O–H groups in total. The lowest BCUT2D eigenvalue weighted by Gasteiger charge is -2.25. The SMILES string of the molecule is COC1CCC(C)c2sc(CCO)cc21. The largest absolute Gasteiger partial charge is 0.396 e. The molecule has 0 bridgehead atoms. The molecule has 3 heteroatoms. The molecule has 1 aromatic heterocycles. The van der Waals surface area contributed by atoms with Gasteiger partial charge in [-0.15, -0.1) is 11.3 Å². The summed E-state index contributed by atoms with van der Waals surface area (Å²) in [5, 5.41) is 8.95. The van der Waals surface area contributed by atoms with Crippen molar-refractivity contribution in [3.63, 3.8) is 0 Å². The maximum Gasteiger partial charge on any atom is 0.0832 e. The number of methoxy groups -OCH3 is 1. The van der Waals surface area contributed by atoms with Crippen LogP contribution in [0.1, 0.15) is 47.1 Å². The van der Waals surface area contributed by atoms with Crippen LogP contribution in [0.15, 0.2) is 6.07 Å². The molecule has 15 heavy (non-hydrogen) atoms. The fourth-order valence-electron chi connectivity index (χ4n) is 2.28. The van der Waals surface area contributed by atoms with E-state index in [9.17, 15) is 0 Å². The molecular formula is C12H18O2S. The van der Waals surface area contributed by atoms with E-state index < -0.39 is 0 Å². The number of aliphatic hydroxyl groups excluding tert-OH is 1. The van der Waals surface area contributed by atoms with Crippen molar-refractivity contribution in [3.8, 4) is 0 Å². The summed E-state index contributed by atoms with van der Waals surface area (Å²) < 4.78 is 5.50. The molecule has 0 aromatic carbocycles. The zero-order chi connectivity index (χ0) is 10.8. The summed E-state index contributed by atoms with van der Waals surface area (Å²) in [6.45, 7) is 2.52. The number of hydrogen-bond acceptors (Lipinski definition) is 3. The third-order valence-corrected chi connectivity index (χ3v) is 4.58. The molecule has 0 saturated heterocycles. The van der Waals surface area contributed by atoms with Crippen LogP contribution in [0, 0.1) is 0 Å². The molecule has 2 nitrogen and oxygen atoms in total. The Kier molecular flexibility index (Phi) is 3.44. The van der Waals surface area contributed by atoms with E-state index in [1.807, 2.05) is 11.3 Å². The van der Waals surface area contributed by atoms with Crippen LogP contribution in [0.5, 0.6) is 0 Å². The molecule has 2 atom stereocenters. The van der Waals surface area contributed by atoms with Gasteiger partial charge >= 0.3 is 0 Å². The van der Waals surface area contributed by atoms with Gasteiger partial charge in [-0.1, -0.05) is 6.92 Å². The van der Waals surface area contributed by atoms with Crippen LogP contribution in [0.3, 0.4) is 0 Å². The highest BCUT2D eigenvalue weighted by molar-refractivity contribution is 7.12. The van der Waals surface area contributed by atoms with E-state index in [0.717, 1.165) is 12.8 Å². The molecule has 1 aliphatic rings. The number of rotatable bonds is 3. The molecule has 0 radical (unpaired) electrons. The summed E-state index contributed by atoms with van der Waals surface area (Å²) in [5.41, 5.74) is 1.37. The summed E-state index contributed by atoms with van der Waals surface area (Å²) in [5.74, 6) is 0.656. The van der Waals surface area contributed by atoms with Crippen molar-refractivity contribution in [2.24, 2.45) is 0 Å². The maximum absolute atomic E-state index is 8.95. The summed E-state index contributed by atoms with van der Waals surface area (Å²) in [6.07, 6.45) is 3.39. The topological polar surface area (TPSA) is 29.5 Å². The van der Waals surface area contributed by atoms with Gasteiger partial charge in [-0.2, -0.15) is 0 Å². The van der Waals surface area contributed by atoms with Crippen LogP contribution in [0.2, 0.25) is 0 Å². The third-order valence-electron chi connectivity index (χ3n) is 3.14. The predicted octanol–water partition coefficient (Wildman–Crippen LogP) is 2.87. The Morgan fingerprint density at radius 1 is 1.53 bits per heavy atom. The minimum Gasteiger partial charge on any atom is -0.396 e. The summed E-state index contributed by atoms with van der Waals surface area (Å²) in [4.78, 5) is 2.76. The average molecular weight is 226 g/mol. The first-order valence-corrected chi connectivity index (χ1v) is 6.34. The number of ether oxygens (including phenoxy) is 1. The number of thiophene rings is 1. The lowest BCUT2D eigenvalue weighted by atomic mass is 9.88. The van der Waals surface area contributed by atoms with Crippen molar-refractivity contribution in [1.82, 2.24) is 0 Å². The van der Waals surface area contributed by atoms with Crippen LogP contribution in [0.25, 0.3) is 0 Å². The quantitative estimate of drug-likeness (QED) is 0.858. The maximum atomic E-state index is 8.95. The van der Waals surface area contributed by atoms with Gasteiger partial charge in [0.05, 0.1) is 6.10 Å². The van der Waals surface area contributed by atoms with Gasteiger partial charge in [-0.3, -0.25) is 0 Å². The molecule has 84 valence electrons. The molecule has 0 amide bonds. The van der Waals surface area contributed by atoms with Gasteiger partial charge in [0, 0.05) is 29.9 Å². The first-order valence-electron chi connectivity index (χ1n) is 5.52. The third kappa shape index (κ3) is 2.10. The first kappa shape index (κ1) is 11.1. The van der Waals surface area contributed by atoms with E-state index in [-0.39, 0.29) is 12.7 Å².